The van der Waals surface area contributed by atoms with Crippen LogP contribution in [0.25, 0.3) is 122 Å². The number of hydrogen-bond donors (Lipinski definition) is 0. The van der Waals surface area contributed by atoms with E-state index in [9.17, 15) is 0 Å². The molecule has 4 heteroatoms. The lowest BCUT2D eigenvalue weighted by molar-refractivity contribution is 1.18. The van der Waals surface area contributed by atoms with Crippen LogP contribution < -0.4 is 0 Å². The summed E-state index contributed by atoms with van der Waals surface area (Å²) >= 11 is 0. The fourth-order valence-electron chi connectivity index (χ4n) is 9.07. The lowest BCUT2D eigenvalue weighted by Gasteiger charge is -2.13. The van der Waals surface area contributed by atoms with Crippen LogP contribution in [0.2, 0.25) is 0 Å². The van der Waals surface area contributed by atoms with E-state index in [1.54, 1.807) is 0 Å². The van der Waals surface area contributed by atoms with E-state index in [0.29, 0.717) is 11.6 Å². The van der Waals surface area contributed by atoms with E-state index in [0.717, 1.165) is 67.3 Å². The molecule has 12 aromatic rings. The molecular formula is C62H40N4. The first-order valence-corrected chi connectivity index (χ1v) is 22.3. The van der Waals surface area contributed by atoms with Crippen molar-refractivity contribution in [1.82, 2.24) is 19.9 Å². The van der Waals surface area contributed by atoms with Gasteiger partial charge in [0.15, 0.2) is 11.6 Å². The summed E-state index contributed by atoms with van der Waals surface area (Å²) in [6, 6.07) is 85.4. The molecule has 0 amide bonds. The van der Waals surface area contributed by atoms with Crippen LogP contribution in [0.3, 0.4) is 0 Å². The van der Waals surface area contributed by atoms with Gasteiger partial charge in [0.25, 0.3) is 0 Å². The highest BCUT2D eigenvalue weighted by molar-refractivity contribution is 6.04. The van der Waals surface area contributed by atoms with Crippen LogP contribution >= 0.6 is 0 Å². The summed E-state index contributed by atoms with van der Waals surface area (Å²) in [6.07, 6.45) is 0. The van der Waals surface area contributed by atoms with E-state index in [1.807, 2.05) is 36.4 Å². The Kier molecular flexibility index (Phi) is 9.81. The smallest absolute Gasteiger partial charge is 0.160 e. The van der Waals surface area contributed by atoms with Crippen molar-refractivity contribution in [1.29, 1.82) is 0 Å². The third-order valence-electron chi connectivity index (χ3n) is 12.5. The minimum Gasteiger partial charge on any atom is -0.228 e. The van der Waals surface area contributed by atoms with Crippen molar-refractivity contribution in [2.75, 3.05) is 0 Å². The lowest BCUT2D eigenvalue weighted by Crippen LogP contribution is -1.96. The molecule has 0 saturated heterocycles. The molecule has 0 aliphatic rings. The van der Waals surface area contributed by atoms with Gasteiger partial charge in [-0.1, -0.05) is 218 Å². The van der Waals surface area contributed by atoms with Gasteiger partial charge in [-0.2, -0.15) is 0 Å². The summed E-state index contributed by atoms with van der Waals surface area (Å²) in [7, 11) is 0. The molecule has 0 atom stereocenters. The Labute approximate surface area is 383 Å². The highest BCUT2D eigenvalue weighted by Gasteiger charge is 2.15. The van der Waals surface area contributed by atoms with Gasteiger partial charge in [-0.3, -0.25) is 0 Å². The Morgan fingerprint density at radius 1 is 0.197 bits per heavy atom. The van der Waals surface area contributed by atoms with Gasteiger partial charge < -0.3 is 0 Å². The van der Waals surface area contributed by atoms with Crippen LogP contribution in [0.15, 0.2) is 243 Å². The van der Waals surface area contributed by atoms with Gasteiger partial charge >= 0.3 is 0 Å². The zero-order chi connectivity index (χ0) is 43.8. The van der Waals surface area contributed by atoms with Gasteiger partial charge in [-0.05, 0) is 78.8 Å². The van der Waals surface area contributed by atoms with Crippen molar-refractivity contribution < 1.29 is 0 Å². The number of fused-ring (bicyclic) bond motifs is 3. The molecule has 0 saturated carbocycles. The van der Waals surface area contributed by atoms with E-state index >= 15 is 0 Å². The molecule has 0 radical (unpaired) electrons. The fraction of sp³-hybridized carbons (Fsp3) is 0. The Hall–Kier alpha value is -8.86. The van der Waals surface area contributed by atoms with Crippen molar-refractivity contribution in [2.24, 2.45) is 0 Å². The Morgan fingerprint density at radius 2 is 0.530 bits per heavy atom. The molecule has 2 aromatic heterocycles. The molecule has 12 rings (SSSR count). The fourth-order valence-corrected chi connectivity index (χ4v) is 9.07. The SMILES string of the molecule is c1ccc(-c2nc(-c3ccc(-c4cccc5c(-c6ccc(-c7cc(-c8ccc9ccccc9c8)nc(-c8ccccc8)n7)cc6)cccc45)cc3)cc(-c3ccc4ccccc4c3)n2)cc1. The molecule has 0 spiro atoms. The largest absolute Gasteiger partial charge is 0.228 e. The van der Waals surface area contributed by atoms with Crippen LogP contribution in [0, 0.1) is 0 Å². The molecular weight excluding hydrogens is 801 g/mol. The van der Waals surface area contributed by atoms with E-state index in [-0.39, 0.29) is 0 Å². The molecule has 0 fully saturated rings. The molecule has 0 unspecified atom stereocenters. The maximum atomic E-state index is 5.11. The number of hydrogen-bond acceptors (Lipinski definition) is 4. The second-order valence-electron chi connectivity index (χ2n) is 16.6. The highest BCUT2D eigenvalue weighted by Crippen LogP contribution is 2.38. The Balaban J connectivity index is 0.876. The molecule has 0 aliphatic heterocycles. The van der Waals surface area contributed by atoms with E-state index in [4.69, 9.17) is 19.9 Å². The quantitative estimate of drug-likeness (QED) is 0.153. The predicted octanol–water partition coefficient (Wildman–Crippen LogP) is 16.1. The van der Waals surface area contributed by atoms with E-state index < -0.39 is 0 Å². The van der Waals surface area contributed by atoms with Crippen LogP contribution in [0.4, 0.5) is 0 Å². The summed E-state index contributed by atoms with van der Waals surface area (Å²) in [5.74, 6) is 1.41. The van der Waals surface area contributed by atoms with Gasteiger partial charge in [-0.25, -0.2) is 19.9 Å². The molecule has 0 aliphatic carbocycles. The third-order valence-corrected chi connectivity index (χ3v) is 12.5. The van der Waals surface area contributed by atoms with Crippen molar-refractivity contribution >= 4 is 32.3 Å². The lowest BCUT2D eigenvalue weighted by atomic mass is 9.92. The van der Waals surface area contributed by atoms with Gasteiger partial charge in [0.1, 0.15) is 0 Å². The van der Waals surface area contributed by atoms with Crippen LogP contribution in [-0.2, 0) is 0 Å². The average Bonchev–Trinajstić information content (AvgIpc) is 3.40. The average molecular weight is 841 g/mol. The summed E-state index contributed by atoms with van der Waals surface area (Å²) < 4.78 is 0. The van der Waals surface area contributed by atoms with Gasteiger partial charge in [-0.15, -0.1) is 0 Å². The maximum Gasteiger partial charge on any atom is 0.160 e. The van der Waals surface area contributed by atoms with Gasteiger partial charge in [0.05, 0.1) is 22.8 Å². The minimum atomic E-state index is 0.703. The Bertz CT molecular complexity index is 3480. The van der Waals surface area contributed by atoms with Crippen molar-refractivity contribution in [3.63, 3.8) is 0 Å². The molecule has 0 N–H and O–H groups in total. The van der Waals surface area contributed by atoms with E-state index in [1.165, 1.54) is 43.4 Å². The molecule has 10 aromatic carbocycles. The maximum absolute atomic E-state index is 5.11. The second kappa shape index (κ2) is 16.7. The van der Waals surface area contributed by atoms with E-state index in [2.05, 4.69) is 206 Å². The van der Waals surface area contributed by atoms with Gasteiger partial charge in [0.2, 0.25) is 0 Å². The molecule has 2 heterocycles. The van der Waals surface area contributed by atoms with Crippen LogP contribution in [0.5, 0.6) is 0 Å². The minimum absolute atomic E-state index is 0.703. The molecule has 0 bridgehead atoms. The van der Waals surface area contributed by atoms with Crippen LogP contribution in [0.1, 0.15) is 0 Å². The highest BCUT2D eigenvalue weighted by atomic mass is 14.9. The number of benzene rings is 10. The van der Waals surface area contributed by atoms with Crippen molar-refractivity contribution in [3.8, 4) is 90.1 Å². The third kappa shape index (κ3) is 7.47. The first-order chi connectivity index (χ1) is 32.7. The zero-order valence-electron chi connectivity index (χ0n) is 35.9. The first-order valence-electron chi connectivity index (χ1n) is 22.3. The zero-order valence-corrected chi connectivity index (χ0v) is 35.9. The summed E-state index contributed by atoms with van der Waals surface area (Å²) in [5.41, 5.74) is 14.3. The normalized spacial score (nSPS) is 11.3. The topological polar surface area (TPSA) is 51.6 Å². The van der Waals surface area contributed by atoms with Crippen LogP contribution in [-0.4, -0.2) is 19.9 Å². The summed E-state index contributed by atoms with van der Waals surface area (Å²) in [4.78, 5) is 20.4. The summed E-state index contributed by atoms with van der Waals surface area (Å²) in [6.45, 7) is 0. The van der Waals surface area contributed by atoms with Gasteiger partial charge in [0, 0.05) is 33.4 Å². The molecule has 308 valence electrons. The Morgan fingerprint density at radius 3 is 0.939 bits per heavy atom. The first kappa shape index (κ1) is 38.8. The molecule has 66 heavy (non-hydrogen) atoms. The molecule has 4 nitrogen and oxygen atoms in total. The monoisotopic (exact) mass is 840 g/mol. The second-order valence-corrected chi connectivity index (χ2v) is 16.6. The number of rotatable bonds is 8. The summed E-state index contributed by atoms with van der Waals surface area (Å²) in [5, 5.41) is 7.17. The number of nitrogens with zero attached hydrogens (tertiary/aromatic N) is 4. The predicted molar refractivity (Wildman–Crippen MR) is 274 cm³/mol. The number of aromatic nitrogens is 4. The van der Waals surface area contributed by atoms with Crippen molar-refractivity contribution in [2.45, 2.75) is 0 Å². The van der Waals surface area contributed by atoms with Crippen molar-refractivity contribution in [3.05, 3.63) is 243 Å². The standard InChI is InChI=1S/C62H40N4/c1-3-15-47(16-4-1)61-63-57(39-59(65-61)51-35-25-41-13-7-9-19-49(41)37-51)45-31-27-43(28-32-45)53-21-11-24-56-54(22-12-23-55(53)56)44-29-33-46(34-30-44)58-40-60(66-62(64-58)48-17-5-2-6-18-48)52-36-26-42-14-8-10-20-50(42)38-52/h1-40H.